The summed E-state index contributed by atoms with van der Waals surface area (Å²) in [5.74, 6) is 0.148. The number of hydrogen-bond donors (Lipinski definition) is 2. The van der Waals surface area contributed by atoms with Gasteiger partial charge in [-0.25, -0.2) is 4.79 Å². The number of aromatic carboxylic acids is 1. The van der Waals surface area contributed by atoms with E-state index in [1.165, 1.54) is 26.0 Å². The molecule has 5 nitrogen and oxygen atoms in total. The van der Waals surface area contributed by atoms with E-state index in [2.05, 4.69) is 5.32 Å². The fraction of sp³-hybridized carbons (Fsp3) is 0.533. The normalized spacial score (nSPS) is 28.1. The van der Waals surface area contributed by atoms with E-state index < -0.39 is 5.97 Å². The molecule has 2 saturated heterocycles. The maximum Gasteiger partial charge on any atom is 0.335 e. The summed E-state index contributed by atoms with van der Waals surface area (Å²) in [7, 11) is 1.53. The first-order chi connectivity index (χ1) is 9.65. The van der Waals surface area contributed by atoms with Gasteiger partial charge in [-0.3, -0.25) is 0 Å². The van der Waals surface area contributed by atoms with Crippen LogP contribution in [0.3, 0.4) is 0 Å². The van der Waals surface area contributed by atoms with Gasteiger partial charge in [0, 0.05) is 12.1 Å². The maximum atomic E-state index is 11.0. The van der Waals surface area contributed by atoms with Crippen LogP contribution in [0.25, 0.3) is 0 Å². The highest BCUT2D eigenvalue weighted by Gasteiger charge is 2.34. The van der Waals surface area contributed by atoms with E-state index in [0.717, 1.165) is 12.8 Å². The van der Waals surface area contributed by atoms with Crippen molar-refractivity contribution in [2.45, 2.75) is 43.9 Å². The highest BCUT2D eigenvalue weighted by atomic mass is 16.5. The van der Waals surface area contributed by atoms with Crippen molar-refractivity contribution in [3.05, 3.63) is 23.8 Å². The van der Waals surface area contributed by atoms with Crippen molar-refractivity contribution < 1.29 is 19.4 Å². The third-order valence-corrected chi connectivity index (χ3v) is 4.13. The zero-order chi connectivity index (χ0) is 14.1. The molecule has 108 valence electrons. The summed E-state index contributed by atoms with van der Waals surface area (Å²) in [6, 6.07) is 5.86. The lowest BCUT2D eigenvalue weighted by Gasteiger charge is -2.30. The van der Waals surface area contributed by atoms with E-state index in [0.29, 0.717) is 23.6 Å². The van der Waals surface area contributed by atoms with Crippen LogP contribution < -0.4 is 14.8 Å². The van der Waals surface area contributed by atoms with Crippen LogP contribution >= 0.6 is 0 Å². The molecule has 0 amide bonds. The number of fused-ring (bicyclic) bond motifs is 2. The van der Waals surface area contributed by atoms with Crippen molar-refractivity contribution in [3.63, 3.8) is 0 Å². The van der Waals surface area contributed by atoms with Crippen LogP contribution in [0.2, 0.25) is 0 Å². The molecule has 2 fully saturated rings. The Morgan fingerprint density at radius 3 is 2.55 bits per heavy atom. The fourth-order valence-electron chi connectivity index (χ4n) is 3.18. The SMILES string of the molecule is COc1cc(C(=O)O)ccc1OC1CC2CCC(C1)N2. The van der Waals surface area contributed by atoms with Crippen LogP contribution in [-0.2, 0) is 0 Å². The third-order valence-electron chi connectivity index (χ3n) is 4.13. The monoisotopic (exact) mass is 277 g/mol. The van der Waals surface area contributed by atoms with Crippen molar-refractivity contribution in [2.24, 2.45) is 0 Å². The molecule has 0 radical (unpaired) electrons. The summed E-state index contributed by atoms with van der Waals surface area (Å²) in [6.45, 7) is 0. The van der Waals surface area contributed by atoms with Gasteiger partial charge in [0.05, 0.1) is 12.7 Å². The highest BCUT2D eigenvalue weighted by Crippen LogP contribution is 2.34. The summed E-state index contributed by atoms with van der Waals surface area (Å²) in [5.41, 5.74) is 0.208. The zero-order valence-electron chi connectivity index (χ0n) is 11.5. The predicted molar refractivity (Wildman–Crippen MR) is 73.5 cm³/mol. The second-order valence-corrected chi connectivity index (χ2v) is 5.52. The average Bonchev–Trinajstić information content (AvgIpc) is 2.78. The summed E-state index contributed by atoms with van der Waals surface area (Å²) in [4.78, 5) is 11.0. The van der Waals surface area contributed by atoms with Crippen molar-refractivity contribution in [1.82, 2.24) is 5.32 Å². The van der Waals surface area contributed by atoms with Crippen molar-refractivity contribution in [1.29, 1.82) is 0 Å². The predicted octanol–water partition coefficient (Wildman–Crippen LogP) is 2.06. The molecular formula is C15H19NO4. The molecule has 0 spiro atoms. The number of piperidine rings is 1. The van der Waals surface area contributed by atoms with E-state index >= 15 is 0 Å². The molecule has 0 saturated carbocycles. The van der Waals surface area contributed by atoms with Crippen LogP contribution in [0, 0.1) is 0 Å². The molecule has 3 rings (SSSR count). The first-order valence-corrected chi connectivity index (χ1v) is 6.99. The van der Waals surface area contributed by atoms with Gasteiger partial charge in [0.2, 0.25) is 0 Å². The smallest absolute Gasteiger partial charge is 0.335 e. The molecule has 1 aromatic rings. The van der Waals surface area contributed by atoms with E-state index in [9.17, 15) is 4.79 Å². The van der Waals surface area contributed by atoms with Gasteiger partial charge in [0.25, 0.3) is 0 Å². The van der Waals surface area contributed by atoms with E-state index in [1.807, 2.05) is 0 Å². The Morgan fingerprint density at radius 2 is 1.95 bits per heavy atom. The average molecular weight is 277 g/mol. The molecule has 2 N–H and O–H groups in total. The standard InChI is InChI=1S/C15H19NO4/c1-19-14-6-9(15(17)18)2-5-13(14)20-12-7-10-3-4-11(8-12)16-10/h2,5-6,10-12,16H,3-4,7-8H2,1H3,(H,17,18). The van der Waals surface area contributed by atoms with Gasteiger partial charge in [-0.1, -0.05) is 0 Å². The fourth-order valence-corrected chi connectivity index (χ4v) is 3.18. The lowest BCUT2D eigenvalue weighted by atomic mass is 10.0. The quantitative estimate of drug-likeness (QED) is 0.881. The van der Waals surface area contributed by atoms with E-state index in [-0.39, 0.29) is 11.7 Å². The van der Waals surface area contributed by atoms with Gasteiger partial charge in [0.1, 0.15) is 6.10 Å². The minimum Gasteiger partial charge on any atom is -0.493 e. The molecule has 2 bridgehead atoms. The summed E-state index contributed by atoms with van der Waals surface area (Å²) in [5, 5.41) is 12.6. The molecule has 5 heteroatoms. The highest BCUT2D eigenvalue weighted by molar-refractivity contribution is 5.88. The first-order valence-electron chi connectivity index (χ1n) is 6.99. The van der Waals surface area contributed by atoms with Gasteiger partial charge < -0.3 is 19.9 Å². The molecule has 20 heavy (non-hydrogen) atoms. The van der Waals surface area contributed by atoms with Gasteiger partial charge >= 0.3 is 5.97 Å². The molecule has 0 aliphatic carbocycles. The number of ether oxygens (including phenoxy) is 2. The van der Waals surface area contributed by atoms with Crippen LogP contribution in [0.15, 0.2) is 18.2 Å². The van der Waals surface area contributed by atoms with Crippen molar-refractivity contribution in [2.75, 3.05) is 7.11 Å². The maximum absolute atomic E-state index is 11.0. The largest absolute Gasteiger partial charge is 0.493 e. The molecule has 2 aliphatic heterocycles. The second-order valence-electron chi connectivity index (χ2n) is 5.52. The molecule has 0 aromatic heterocycles. The molecule has 2 unspecified atom stereocenters. The summed E-state index contributed by atoms with van der Waals surface area (Å²) in [6.07, 6.45) is 4.62. The minimum absolute atomic E-state index is 0.179. The van der Waals surface area contributed by atoms with Gasteiger partial charge in [-0.05, 0) is 43.9 Å². The Morgan fingerprint density at radius 1 is 1.25 bits per heavy atom. The Balaban J connectivity index is 1.75. The Labute approximate surface area is 117 Å². The molecule has 2 atom stereocenters. The van der Waals surface area contributed by atoms with Gasteiger partial charge in [-0.2, -0.15) is 0 Å². The molecule has 2 aliphatic rings. The third kappa shape index (κ3) is 2.58. The lowest BCUT2D eigenvalue weighted by molar-refractivity contribution is 0.0696. The first kappa shape index (κ1) is 13.2. The van der Waals surface area contributed by atoms with Crippen molar-refractivity contribution >= 4 is 5.97 Å². The number of nitrogens with one attached hydrogen (secondary N) is 1. The van der Waals surface area contributed by atoms with Crippen LogP contribution in [0.5, 0.6) is 11.5 Å². The van der Waals surface area contributed by atoms with Gasteiger partial charge in [0.15, 0.2) is 11.5 Å². The number of carbonyl (C=O) groups is 1. The zero-order valence-corrected chi connectivity index (χ0v) is 11.5. The number of hydrogen-bond acceptors (Lipinski definition) is 4. The van der Waals surface area contributed by atoms with Crippen LogP contribution in [0.4, 0.5) is 0 Å². The second kappa shape index (κ2) is 5.32. The summed E-state index contributed by atoms with van der Waals surface area (Å²) >= 11 is 0. The topological polar surface area (TPSA) is 67.8 Å². The van der Waals surface area contributed by atoms with Gasteiger partial charge in [-0.15, -0.1) is 0 Å². The number of methoxy groups -OCH3 is 1. The minimum atomic E-state index is -0.963. The number of carboxylic acids is 1. The number of carboxylic acid groups (broad SMARTS) is 1. The number of benzene rings is 1. The Hall–Kier alpha value is -1.75. The summed E-state index contributed by atoms with van der Waals surface area (Å²) < 4.78 is 11.3. The van der Waals surface area contributed by atoms with Crippen molar-refractivity contribution in [3.8, 4) is 11.5 Å². The Bertz CT molecular complexity index is 505. The molecule has 1 aromatic carbocycles. The van der Waals surface area contributed by atoms with E-state index in [1.54, 1.807) is 12.1 Å². The Kier molecular flexibility index (Phi) is 3.53. The lowest BCUT2D eigenvalue weighted by Crippen LogP contribution is -2.42. The van der Waals surface area contributed by atoms with E-state index in [4.69, 9.17) is 14.6 Å². The number of rotatable bonds is 4. The molecule has 2 heterocycles. The van der Waals surface area contributed by atoms with Crippen LogP contribution in [0.1, 0.15) is 36.0 Å². The molecular weight excluding hydrogens is 258 g/mol. The van der Waals surface area contributed by atoms with Crippen LogP contribution in [-0.4, -0.2) is 36.4 Å².